The van der Waals surface area contributed by atoms with Crippen LogP contribution in [0.2, 0.25) is 0 Å². The molecule has 2 fully saturated rings. The molecule has 0 amide bonds. The largest absolute Gasteiger partial charge is 0.494 e. The Balaban J connectivity index is 0.871. The lowest BCUT2D eigenvalue weighted by molar-refractivity contribution is -0.384. The lowest BCUT2D eigenvalue weighted by Crippen LogP contribution is -2.30. The number of nitrogens with zero attached hydrogens (tertiary/aromatic N) is 2. The molecular formula is C59H65N3O16S. The molecule has 0 atom stereocenters. The van der Waals surface area contributed by atoms with Crippen LogP contribution in [0.3, 0.4) is 0 Å². The standard InChI is InChI=1S/C59H65N3O16S/c1-3-53(63)73-35-11-7-5-9-33-71-44-22-26-46(27-23-44)75-55(65)39-13-15-41(16-14-39)57(67)77-48-30-32-51(50(38-48)61-59-60-49-31-21-43(62(69)70)37-52(49)79-59)78-58(68)42-19-17-40(18-20-42)56(66)76-47-28-24-45(25-29-47)72-34-10-6-8-12-36-74-54(64)4-2/h3-4,21-32,37-42H,1-2,5-20,33-36H2,(H,60,61). The summed E-state index contributed by atoms with van der Waals surface area (Å²) in [6, 6.07) is 22.5. The van der Waals surface area contributed by atoms with E-state index in [1.54, 1.807) is 54.6 Å². The molecule has 4 aromatic carbocycles. The predicted octanol–water partition coefficient (Wildman–Crippen LogP) is 11.9. The molecule has 0 aliphatic heterocycles. The molecule has 2 aliphatic rings. The normalized spacial score (nSPS) is 16.8. The molecule has 2 aliphatic carbocycles. The fourth-order valence-electron chi connectivity index (χ4n) is 9.04. The van der Waals surface area contributed by atoms with Crippen LogP contribution in [0.5, 0.6) is 34.5 Å². The number of hydrogen-bond acceptors (Lipinski definition) is 19. The van der Waals surface area contributed by atoms with E-state index in [1.807, 2.05) is 0 Å². The van der Waals surface area contributed by atoms with Crippen LogP contribution in [-0.4, -0.2) is 72.2 Å². The number of hydrogen-bond donors (Lipinski definition) is 1. The van der Waals surface area contributed by atoms with E-state index in [-0.39, 0.29) is 34.8 Å². The summed E-state index contributed by atoms with van der Waals surface area (Å²) in [5, 5.41) is 15.0. The maximum Gasteiger partial charge on any atom is 0.330 e. The third kappa shape index (κ3) is 18.5. The number of unbranched alkanes of at least 4 members (excludes halogenated alkanes) is 6. The van der Waals surface area contributed by atoms with Crippen LogP contribution >= 0.6 is 11.3 Å². The van der Waals surface area contributed by atoms with Crippen molar-refractivity contribution in [2.75, 3.05) is 31.7 Å². The molecule has 1 N–H and O–H groups in total. The Hall–Kier alpha value is -8.13. The van der Waals surface area contributed by atoms with Gasteiger partial charge in [0, 0.05) is 30.4 Å². The van der Waals surface area contributed by atoms with Crippen LogP contribution < -0.4 is 33.7 Å². The quantitative estimate of drug-likeness (QED) is 0.0117. The molecule has 0 radical (unpaired) electrons. The molecule has 2 saturated carbocycles. The summed E-state index contributed by atoms with van der Waals surface area (Å²) in [6.07, 6.45) is 12.3. The fraction of sp³-hybridized carbons (Fsp3) is 0.407. The van der Waals surface area contributed by atoms with Crippen molar-refractivity contribution in [3.05, 3.63) is 120 Å². The molecule has 5 aromatic rings. The predicted molar refractivity (Wildman–Crippen MR) is 293 cm³/mol. The number of esters is 6. The molecule has 7 rings (SSSR count). The maximum atomic E-state index is 13.7. The lowest BCUT2D eigenvalue weighted by atomic mass is 9.82. The van der Waals surface area contributed by atoms with E-state index in [2.05, 4.69) is 23.5 Å². The Morgan fingerprint density at radius 1 is 0.532 bits per heavy atom. The highest BCUT2D eigenvalue weighted by Gasteiger charge is 2.34. The third-order valence-corrected chi connectivity index (χ3v) is 14.4. The fourth-order valence-corrected chi connectivity index (χ4v) is 9.95. The summed E-state index contributed by atoms with van der Waals surface area (Å²) in [7, 11) is 0. The van der Waals surface area contributed by atoms with Gasteiger partial charge in [0.05, 0.1) is 70.9 Å². The Morgan fingerprint density at radius 2 is 0.937 bits per heavy atom. The highest BCUT2D eigenvalue weighted by Crippen LogP contribution is 2.39. The topological polar surface area (TPSA) is 244 Å². The molecule has 0 spiro atoms. The van der Waals surface area contributed by atoms with Gasteiger partial charge in [0.1, 0.15) is 28.7 Å². The van der Waals surface area contributed by atoms with Crippen molar-refractivity contribution in [3.8, 4) is 34.5 Å². The first-order valence-electron chi connectivity index (χ1n) is 26.7. The molecule has 79 heavy (non-hydrogen) atoms. The number of anilines is 2. The van der Waals surface area contributed by atoms with E-state index in [0.717, 1.165) is 74.9 Å². The summed E-state index contributed by atoms with van der Waals surface area (Å²) in [5.74, 6) is -2.08. The highest BCUT2D eigenvalue weighted by atomic mass is 32.1. The zero-order valence-electron chi connectivity index (χ0n) is 43.9. The summed E-state index contributed by atoms with van der Waals surface area (Å²) in [4.78, 5) is 91.5. The zero-order valence-corrected chi connectivity index (χ0v) is 44.8. The van der Waals surface area contributed by atoms with E-state index in [0.29, 0.717) is 116 Å². The minimum absolute atomic E-state index is 0.0953. The second-order valence-corrected chi connectivity index (χ2v) is 20.2. The van der Waals surface area contributed by atoms with Gasteiger partial charge in [-0.15, -0.1) is 0 Å². The molecule has 0 saturated heterocycles. The first-order valence-corrected chi connectivity index (χ1v) is 27.5. The van der Waals surface area contributed by atoms with Crippen LogP contribution in [0.15, 0.2) is 110 Å². The van der Waals surface area contributed by atoms with Gasteiger partial charge in [-0.25, -0.2) is 14.6 Å². The van der Waals surface area contributed by atoms with Crippen molar-refractivity contribution >= 4 is 73.9 Å². The van der Waals surface area contributed by atoms with Crippen LogP contribution in [0.4, 0.5) is 16.5 Å². The van der Waals surface area contributed by atoms with Crippen LogP contribution in [0.1, 0.15) is 103 Å². The number of thiazole rings is 1. The minimum Gasteiger partial charge on any atom is -0.494 e. The van der Waals surface area contributed by atoms with E-state index in [9.17, 15) is 38.9 Å². The minimum atomic E-state index is -0.516. The molecule has 0 bridgehead atoms. The van der Waals surface area contributed by atoms with Crippen molar-refractivity contribution in [2.24, 2.45) is 23.7 Å². The lowest BCUT2D eigenvalue weighted by Gasteiger charge is -2.26. The molecule has 20 heteroatoms. The molecule has 0 unspecified atom stereocenters. The Bertz CT molecular complexity index is 2910. The van der Waals surface area contributed by atoms with E-state index >= 15 is 0 Å². The average Bonchev–Trinajstić information content (AvgIpc) is 3.87. The molecule has 1 aromatic heterocycles. The van der Waals surface area contributed by atoms with Gasteiger partial charge in [0.25, 0.3) is 5.69 Å². The van der Waals surface area contributed by atoms with Gasteiger partial charge in [-0.05, 0) is 169 Å². The second-order valence-electron chi connectivity index (χ2n) is 19.2. The average molecular weight is 1100 g/mol. The number of nitro benzene ring substituents is 1. The number of nitrogens with one attached hydrogen (secondary N) is 1. The molecule has 418 valence electrons. The van der Waals surface area contributed by atoms with Crippen LogP contribution in [0, 0.1) is 33.8 Å². The monoisotopic (exact) mass is 1100 g/mol. The van der Waals surface area contributed by atoms with Gasteiger partial charge in [0.15, 0.2) is 10.9 Å². The van der Waals surface area contributed by atoms with Gasteiger partial charge < -0.3 is 43.2 Å². The van der Waals surface area contributed by atoms with Gasteiger partial charge in [-0.3, -0.25) is 29.3 Å². The van der Waals surface area contributed by atoms with Gasteiger partial charge in [0.2, 0.25) is 0 Å². The Kier molecular flexibility index (Phi) is 22.3. The molecular weight excluding hydrogens is 1040 g/mol. The number of ether oxygens (including phenoxy) is 8. The number of rotatable bonds is 29. The van der Waals surface area contributed by atoms with Crippen molar-refractivity contribution in [3.63, 3.8) is 0 Å². The van der Waals surface area contributed by atoms with E-state index < -0.39 is 52.5 Å². The summed E-state index contributed by atoms with van der Waals surface area (Å²) in [5.41, 5.74) is 0.666. The number of carbonyl (C=O) groups is 6. The second kappa shape index (κ2) is 30.1. The summed E-state index contributed by atoms with van der Waals surface area (Å²) < 4.78 is 45.4. The van der Waals surface area contributed by atoms with Gasteiger partial charge >= 0.3 is 35.8 Å². The molecule has 19 nitrogen and oxygen atoms in total. The van der Waals surface area contributed by atoms with Gasteiger partial charge in [-0.1, -0.05) is 24.5 Å². The van der Waals surface area contributed by atoms with E-state index in [1.165, 1.54) is 30.3 Å². The van der Waals surface area contributed by atoms with Crippen molar-refractivity contribution in [2.45, 2.75) is 103 Å². The van der Waals surface area contributed by atoms with E-state index in [4.69, 9.17) is 37.9 Å². The third-order valence-electron chi connectivity index (χ3n) is 13.5. The first kappa shape index (κ1) is 58.6. The smallest absolute Gasteiger partial charge is 0.330 e. The number of aromatic nitrogens is 1. The maximum absolute atomic E-state index is 13.7. The number of fused-ring (bicyclic) bond motifs is 1. The Labute approximate surface area is 461 Å². The number of non-ortho nitro benzene ring substituents is 1. The molecule has 1 heterocycles. The summed E-state index contributed by atoms with van der Waals surface area (Å²) in [6.45, 7) is 8.51. The highest BCUT2D eigenvalue weighted by molar-refractivity contribution is 7.22. The zero-order chi connectivity index (χ0) is 55.9. The first-order chi connectivity index (χ1) is 38.3. The van der Waals surface area contributed by atoms with Crippen LogP contribution in [-0.2, 0) is 38.2 Å². The number of benzene rings is 4. The number of nitro groups is 1. The van der Waals surface area contributed by atoms with Crippen LogP contribution in [0.25, 0.3) is 10.2 Å². The van der Waals surface area contributed by atoms with Crippen molar-refractivity contribution in [1.82, 2.24) is 4.98 Å². The van der Waals surface area contributed by atoms with Gasteiger partial charge in [-0.2, -0.15) is 0 Å². The number of carbonyl (C=O) groups excluding carboxylic acids is 6. The summed E-state index contributed by atoms with van der Waals surface area (Å²) >= 11 is 1.15. The van der Waals surface area contributed by atoms with Crippen molar-refractivity contribution in [1.29, 1.82) is 0 Å². The Morgan fingerprint density at radius 3 is 1.38 bits per heavy atom. The SMILES string of the molecule is C=CC(=O)OCCCCCCOc1ccc(OC(=O)C2CCC(C(=O)Oc3ccc(OC(=O)C4CCC(C(=O)Oc5ccc(OCCCCCCOC(=O)C=C)cc5)CC4)c(Nc4nc5ccc([N+](=O)[O-])cc5s4)c3)CC2)cc1. The van der Waals surface area contributed by atoms with Crippen molar-refractivity contribution < 1.29 is 71.6 Å².